The van der Waals surface area contributed by atoms with Crippen LogP contribution in [0.4, 0.5) is 22.0 Å². The predicted octanol–water partition coefficient (Wildman–Crippen LogP) is 23.3. The zero-order valence-corrected chi connectivity index (χ0v) is 94.0. The number of para-hydroxylation sites is 2. The molecule has 26 heteroatoms. The molecule has 0 aromatic heterocycles. The Kier molecular flexibility index (Phi) is 42.9. The Morgan fingerprint density at radius 3 is 0.822 bits per heavy atom. The second-order valence-corrected chi connectivity index (χ2v) is 48.9. The van der Waals surface area contributed by atoms with Gasteiger partial charge in [0.25, 0.3) is 0 Å². The van der Waals surface area contributed by atoms with Crippen LogP contribution in [0.25, 0.3) is 0 Å². The molecule has 0 saturated carbocycles. The average molecular weight is 2110 g/mol. The number of benzene rings is 14. The summed E-state index contributed by atoms with van der Waals surface area (Å²) in [6.45, 7) is 47.3. The van der Waals surface area contributed by atoms with Crippen LogP contribution in [0.1, 0.15) is 260 Å². The fourth-order valence-corrected chi connectivity index (χ4v) is 24.5. The molecule has 0 saturated heterocycles. The summed E-state index contributed by atoms with van der Waals surface area (Å²) >= 11 is 0. The van der Waals surface area contributed by atoms with Crippen LogP contribution in [0.5, 0.6) is 40.2 Å². The maximum atomic E-state index is 13.4. The number of halogens is 5. The first-order chi connectivity index (χ1) is 68.1. The molecule has 0 fully saturated rings. The molecule has 14 rings (SSSR count). The minimum Gasteiger partial charge on any atom is -0.507 e. The van der Waals surface area contributed by atoms with E-state index in [1.807, 2.05) is 178 Å². The van der Waals surface area contributed by atoms with Gasteiger partial charge >= 0.3 is 0 Å². The van der Waals surface area contributed by atoms with Gasteiger partial charge in [-0.15, -0.1) is 0 Å². The minimum absolute atomic E-state index is 0.00692. The first kappa shape index (κ1) is 119. The number of Topliss-reactive ketones (excluding diaryl/α,β-unsaturated/α-hetero) is 7. The molecule has 14 nitrogen and oxygen atoms in total. The van der Waals surface area contributed by atoms with Gasteiger partial charge in [0.05, 0.1) is 0 Å². The highest BCUT2D eigenvalue weighted by atomic mass is 31.1. The minimum atomic E-state index is -0.425. The Morgan fingerprint density at radius 2 is 0.466 bits per heavy atom. The van der Waals surface area contributed by atoms with Crippen molar-refractivity contribution in [1.29, 1.82) is 0 Å². The van der Waals surface area contributed by atoms with Crippen molar-refractivity contribution in [3.05, 3.63) is 372 Å². The second-order valence-electron chi connectivity index (χ2n) is 39.6. The SMILES string of the molecule is CC(=O)c1cc(F)ccc1Pc1cc(C)cc(C(C)(C)C)c1O.CC(=O)c1cc(F)ccc1Pc1cc(C)cc(C)c1O.CC(=O)c1cc(F)ccc1Pc1cc(C)ccc1O.CC(=O)c1cc(F)ccc1Pc1cccc(C)c1O.CC(=O)c1cc(F)ccc1Pc1ccccc1O.CC(=O)c1ccccc1Pc1cc(C(C)(C)C)cc(C(C)(C)C)c1O.CC(=O)c1ccccc1Pc1cc(C(C)(C)C)cc(C)c1O. The van der Waals surface area contributed by atoms with Crippen LogP contribution in [0.15, 0.2) is 249 Å². The second kappa shape index (κ2) is 52.6. The summed E-state index contributed by atoms with van der Waals surface area (Å²) in [6.07, 6.45) is 0. The molecule has 0 aliphatic rings. The standard InChI is InChI=1S/C22H29O2P.C19H22FO2P.C19H23O2P.C16H16FO2P.2C15H14FO2P.C14H12FO2P/c1-14(23)16-10-8-9-11-18(16)25-19-13-15(21(2,3)4)12-17(20(19)24)22(5,6)7;1-11-8-15(19(3,4)5)18(22)17(9-11)23-16-7-6-13(20)10-14(16)12(2)21;1-12-10-14(19(3,4)5)11-17(18(12)21)22-16-9-7-6-8-15(16)13(2)20;1-9-6-10(2)16(19)15(7-9)20-14-5-4-12(17)8-13(14)11(3)18;1-9-3-5-13(18)15(7-9)19-14-6-4-11(16)8-12(14)10(2)17;1-9-4-3-5-14(15(9)18)19-13-7-6-11(16)8-12(13)10(2)17;1-9(16)11-8-10(15)6-7-13(11)18-14-5-3-2-4-12(14)17/h8-13,24-25H,1-7H3;6-10,22-23H,1-5H3;6-11,21-22H,1-5H3;4-8,19-20H,1-3H3;2*3-8,18-19H,1-2H3;2-8,17-18H,1H3. The lowest BCUT2D eigenvalue weighted by atomic mass is 9.80. The van der Waals surface area contributed by atoms with E-state index < -0.39 is 29.1 Å². The average Bonchev–Trinajstić information content (AvgIpc) is 0.762. The summed E-state index contributed by atoms with van der Waals surface area (Å²) in [5.41, 5.74) is 12.9. The van der Waals surface area contributed by atoms with Crippen LogP contribution < -0.4 is 74.3 Å². The number of carbonyl (C=O) groups excluding carboxylic acids is 7. The van der Waals surface area contributed by atoms with Gasteiger partial charge in [-0.1, -0.05) is 294 Å². The molecule has 0 amide bonds. The van der Waals surface area contributed by atoms with Gasteiger partial charge in [-0.25, -0.2) is 22.0 Å². The Bertz CT molecular complexity index is 7130. The van der Waals surface area contributed by atoms with Gasteiger partial charge in [0.1, 0.15) is 69.3 Å². The fourth-order valence-electron chi connectivity index (χ4n) is 15.0. The molecule has 146 heavy (non-hydrogen) atoms. The van der Waals surface area contributed by atoms with Crippen molar-refractivity contribution in [3.63, 3.8) is 0 Å². The van der Waals surface area contributed by atoms with Crippen LogP contribution in [0.3, 0.4) is 0 Å². The molecule has 7 atom stereocenters. The van der Waals surface area contributed by atoms with E-state index in [9.17, 15) is 91.3 Å². The molecule has 7 unspecified atom stereocenters. The number of rotatable bonds is 21. The molecule has 0 aliphatic carbocycles. The van der Waals surface area contributed by atoms with Crippen LogP contribution in [-0.4, -0.2) is 76.2 Å². The van der Waals surface area contributed by atoms with E-state index in [-0.39, 0.29) is 151 Å². The van der Waals surface area contributed by atoms with E-state index >= 15 is 0 Å². The van der Waals surface area contributed by atoms with Gasteiger partial charge in [-0.3, -0.25) is 33.6 Å². The Hall–Kier alpha value is -12.0. The monoisotopic (exact) mass is 2110 g/mol. The number of aryl methyl sites for hydroxylation is 6. The van der Waals surface area contributed by atoms with Gasteiger partial charge in [0.15, 0.2) is 40.5 Å². The van der Waals surface area contributed by atoms with E-state index in [4.69, 9.17) is 0 Å². The van der Waals surface area contributed by atoms with Crippen LogP contribution in [0, 0.1) is 70.6 Å². The van der Waals surface area contributed by atoms with Gasteiger partial charge in [0.2, 0.25) is 0 Å². The van der Waals surface area contributed by atoms with Crippen LogP contribution >= 0.6 is 60.1 Å². The highest BCUT2D eigenvalue weighted by Crippen LogP contribution is 2.40. The fraction of sp³-hybridized carbons (Fsp3) is 0.242. The van der Waals surface area contributed by atoms with Crippen molar-refractivity contribution in [2.75, 3.05) is 0 Å². The molecular formula is C120H130F5O14P7. The number of carbonyl (C=O) groups is 7. The molecular weight excluding hydrogens is 1980 g/mol. The van der Waals surface area contributed by atoms with Crippen molar-refractivity contribution in [2.45, 2.75) is 195 Å². The van der Waals surface area contributed by atoms with Gasteiger partial charge < -0.3 is 35.7 Å². The maximum absolute atomic E-state index is 13.4. The first-order valence-corrected chi connectivity index (χ1v) is 54.0. The largest absolute Gasteiger partial charge is 0.507 e. The Morgan fingerprint density at radius 1 is 0.205 bits per heavy atom. The quantitative estimate of drug-likeness (QED) is 0.0201. The van der Waals surface area contributed by atoms with E-state index in [0.717, 1.165) is 130 Å². The maximum Gasteiger partial charge on any atom is 0.160 e. The highest BCUT2D eigenvalue weighted by Gasteiger charge is 2.29. The van der Waals surface area contributed by atoms with Gasteiger partial charge in [-0.2, -0.15) is 0 Å². The van der Waals surface area contributed by atoms with Crippen molar-refractivity contribution in [1.82, 2.24) is 0 Å². The number of hydrogen-bond acceptors (Lipinski definition) is 14. The number of ketones is 7. The lowest BCUT2D eigenvalue weighted by molar-refractivity contribution is 0.101. The van der Waals surface area contributed by atoms with Crippen molar-refractivity contribution in [3.8, 4) is 40.2 Å². The molecule has 764 valence electrons. The molecule has 14 aromatic carbocycles. The summed E-state index contributed by atoms with van der Waals surface area (Å²) in [7, 11) is 1.10. The van der Waals surface area contributed by atoms with Crippen molar-refractivity contribution in [2.24, 2.45) is 0 Å². The van der Waals surface area contributed by atoms with E-state index in [1.165, 1.54) is 106 Å². The lowest BCUT2D eigenvalue weighted by Gasteiger charge is -2.27. The van der Waals surface area contributed by atoms with Crippen molar-refractivity contribution >= 4 is 175 Å². The topological polar surface area (TPSA) is 261 Å². The third kappa shape index (κ3) is 34.3. The summed E-state index contributed by atoms with van der Waals surface area (Å²) in [4.78, 5) is 81.6. The first-order valence-electron chi connectivity index (χ1n) is 47.0. The molecule has 7 N–H and O–H groups in total. The molecule has 0 aliphatic heterocycles. The Balaban J connectivity index is 0.000000208. The normalized spacial score (nSPS) is 11.7. The molecule has 0 heterocycles. The van der Waals surface area contributed by atoms with Gasteiger partial charge in [0, 0.05) is 87.2 Å². The molecule has 14 aromatic rings. The highest BCUT2D eigenvalue weighted by molar-refractivity contribution is 7.58. The van der Waals surface area contributed by atoms with E-state index in [2.05, 4.69) is 80.5 Å². The lowest BCUT2D eigenvalue weighted by Crippen LogP contribution is -2.21. The zero-order valence-electron chi connectivity index (χ0n) is 87.0. The summed E-state index contributed by atoms with van der Waals surface area (Å²) < 4.78 is 66.2. The molecule has 0 bridgehead atoms. The summed E-state index contributed by atoms with van der Waals surface area (Å²) in [5.74, 6) is -1.03. The smallest absolute Gasteiger partial charge is 0.160 e. The summed E-state index contributed by atoms with van der Waals surface area (Å²) in [6, 6.07) is 70.1. The van der Waals surface area contributed by atoms with E-state index in [0.29, 0.717) is 39.3 Å². The van der Waals surface area contributed by atoms with E-state index in [1.54, 1.807) is 68.4 Å². The van der Waals surface area contributed by atoms with Crippen molar-refractivity contribution < 1.29 is 91.3 Å². The molecule has 0 radical (unpaired) electrons. The number of aromatic hydroxyl groups is 7. The predicted molar refractivity (Wildman–Crippen MR) is 608 cm³/mol. The molecule has 0 spiro atoms. The number of phenolic OH excluding ortho intramolecular Hbond substituents is 7. The third-order valence-electron chi connectivity index (χ3n) is 23.1. The van der Waals surface area contributed by atoms with Crippen LogP contribution in [-0.2, 0) is 21.7 Å². The zero-order chi connectivity index (χ0) is 109. The third-order valence-corrected chi connectivity index (χ3v) is 32.6. The Labute approximate surface area is 867 Å². The number of phenols is 7. The number of hydrogen-bond donors (Lipinski definition) is 7. The summed E-state index contributed by atoms with van der Waals surface area (Å²) in [5, 5.41) is 82.9. The van der Waals surface area contributed by atoms with Gasteiger partial charge in [-0.05, 0) is 291 Å². The van der Waals surface area contributed by atoms with Crippen LogP contribution in [0.2, 0.25) is 0 Å².